The van der Waals surface area contributed by atoms with Gasteiger partial charge in [-0.05, 0) is 0 Å². The second kappa shape index (κ2) is 12.2. The Labute approximate surface area is 151 Å². The first-order valence-corrected chi connectivity index (χ1v) is 5.47. The van der Waals surface area contributed by atoms with E-state index in [1.807, 2.05) is 12.2 Å². The number of allylic oxidation sites excluding steroid dienone is 8. The molecule has 0 aliphatic heterocycles. The molecule has 0 bridgehead atoms. The van der Waals surface area contributed by atoms with Gasteiger partial charge < -0.3 is 32.2 Å². The molecule has 0 N–H and O–H groups in total. The summed E-state index contributed by atoms with van der Waals surface area (Å²) in [5, 5.41) is 0. The SMILES string of the molecule is CC1=[C-]C(C)(C)C(C)=C1C.[C-]1=CC=CC1.[CH3-].[Cl-].[Cl-].[Zr+2]. The topological polar surface area (TPSA) is 0 Å². The maximum atomic E-state index is 3.44. The average molecular weight is 377 g/mol. The summed E-state index contributed by atoms with van der Waals surface area (Å²) in [5.74, 6) is 0. The summed E-state index contributed by atoms with van der Waals surface area (Å²) in [7, 11) is 0. The summed E-state index contributed by atoms with van der Waals surface area (Å²) in [6, 6.07) is 0. The molecule has 0 aromatic rings. The number of hydrogen-bond donors (Lipinski definition) is 0. The fourth-order valence-corrected chi connectivity index (χ4v) is 1.75. The molecule has 0 spiro atoms. The van der Waals surface area contributed by atoms with Gasteiger partial charge in [0.1, 0.15) is 0 Å². The Bertz CT molecular complexity index is 351. The van der Waals surface area contributed by atoms with Crippen LogP contribution in [0.25, 0.3) is 0 Å². The first-order chi connectivity index (χ1) is 6.95. The second-order valence-electron chi connectivity index (χ2n) is 4.63. The Kier molecular flexibility index (Phi) is 17.8. The van der Waals surface area contributed by atoms with Crippen LogP contribution in [0.15, 0.2) is 34.9 Å². The minimum Gasteiger partial charge on any atom is -1.00 e. The van der Waals surface area contributed by atoms with E-state index in [0.717, 1.165) is 6.42 Å². The van der Waals surface area contributed by atoms with Crippen LogP contribution in [0.1, 0.15) is 41.0 Å². The maximum Gasteiger partial charge on any atom is 2.00 e. The van der Waals surface area contributed by atoms with Crippen LogP contribution < -0.4 is 24.8 Å². The molecule has 0 fully saturated rings. The van der Waals surface area contributed by atoms with E-state index in [1.165, 1.54) is 16.7 Å². The molecule has 19 heavy (non-hydrogen) atoms. The molecule has 0 atom stereocenters. The molecular formula is C16H23Cl2Zr-3. The van der Waals surface area contributed by atoms with Crippen LogP contribution in [0.3, 0.4) is 0 Å². The monoisotopic (exact) mass is 375 g/mol. The van der Waals surface area contributed by atoms with Crippen molar-refractivity contribution in [3.8, 4) is 0 Å². The molecule has 2 rings (SSSR count). The maximum absolute atomic E-state index is 3.44. The quantitative estimate of drug-likeness (QED) is 0.469. The van der Waals surface area contributed by atoms with E-state index >= 15 is 0 Å². The molecule has 0 amide bonds. The van der Waals surface area contributed by atoms with Gasteiger partial charge in [-0.15, -0.1) is 13.3 Å². The average Bonchev–Trinajstić information content (AvgIpc) is 2.76. The van der Waals surface area contributed by atoms with Crippen molar-refractivity contribution in [1.29, 1.82) is 0 Å². The Morgan fingerprint density at radius 3 is 1.74 bits per heavy atom. The fraction of sp³-hybridized carbons (Fsp3) is 0.438. The molecule has 0 saturated carbocycles. The van der Waals surface area contributed by atoms with Crippen molar-refractivity contribution in [2.45, 2.75) is 41.0 Å². The summed E-state index contributed by atoms with van der Waals surface area (Å²) in [5.41, 5.74) is 4.39. The Balaban J connectivity index is -0.000000110. The van der Waals surface area contributed by atoms with Crippen LogP contribution in [0.4, 0.5) is 0 Å². The van der Waals surface area contributed by atoms with Crippen LogP contribution in [0.2, 0.25) is 0 Å². The third kappa shape index (κ3) is 8.33. The van der Waals surface area contributed by atoms with Crippen molar-refractivity contribution in [2.24, 2.45) is 5.41 Å². The smallest absolute Gasteiger partial charge is 1.00 e. The van der Waals surface area contributed by atoms with E-state index in [-0.39, 0.29) is 63.9 Å². The molecule has 0 heterocycles. The van der Waals surface area contributed by atoms with Crippen molar-refractivity contribution < 1.29 is 51.0 Å². The Morgan fingerprint density at radius 1 is 1.11 bits per heavy atom. The van der Waals surface area contributed by atoms with Crippen molar-refractivity contribution >= 4 is 0 Å². The molecule has 0 unspecified atom stereocenters. The largest absolute Gasteiger partial charge is 2.00 e. The molecule has 108 valence electrons. The molecule has 3 heteroatoms. The third-order valence-corrected chi connectivity index (χ3v) is 3.15. The normalized spacial score (nSPS) is 17.0. The zero-order valence-corrected chi connectivity index (χ0v) is 16.7. The van der Waals surface area contributed by atoms with Crippen LogP contribution in [-0.4, -0.2) is 0 Å². The number of halogens is 2. The predicted molar refractivity (Wildman–Crippen MR) is 72.6 cm³/mol. The Morgan fingerprint density at radius 2 is 1.63 bits per heavy atom. The van der Waals surface area contributed by atoms with Crippen molar-refractivity contribution in [3.05, 3.63) is 54.5 Å². The van der Waals surface area contributed by atoms with E-state index < -0.39 is 0 Å². The van der Waals surface area contributed by atoms with Gasteiger partial charge >= 0.3 is 26.2 Å². The van der Waals surface area contributed by atoms with Crippen LogP contribution in [0.5, 0.6) is 0 Å². The van der Waals surface area contributed by atoms with E-state index in [4.69, 9.17) is 0 Å². The first kappa shape index (κ1) is 27.7. The minimum atomic E-state index is 0. The van der Waals surface area contributed by atoms with Crippen molar-refractivity contribution in [2.75, 3.05) is 0 Å². The molecule has 0 aromatic carbocycles. The first-order valence-electron chi connectivity index (χ1n) is 5.47. The van der Waals surface area contributed by atoms with Crippen LogP contribution >= 0.6 is 0 Å². The van der Waals surface area contributed by atoms with Gasteiger partial charge in [0.25, 0.3) is 0 Å². The van der Waals surface area contributed by atoms with E-state index in [0.29, 0.717) is 0 Å². The number of rotatable bonds is 0. The second-order valence-corrected chi connectivity index (χ2v) is 4.63. The zero-order valence-electron chi connectivity index (χ0n) is 12.7. The molecule has 0 saturated heterocycles. The van der Waals surface area contributed by atoms with E-state index in [1.54, 1.807) is 0 Å². The standard InChI is InChI=1S/C10H15.C5H5.CH3.2ClH.Zr/c1-7-6-10(4,5)9(3)8(7)2;1-2-4-5-3-1;;;;/h1-5H3;1-3H,4H2;1H3;2*1H;/q3*-1;;;+2/p-2. The van der Waals surface area contributed by atoms with E-state index in [2.05, 4.69) is 52.8 Å². The molecule has 2 aliphatic rings. The van der Waals surface area contributed by atoms with Gasteiger partial charge in [0.15, 0.2) is 0 Å². The van der Waals surface area contributed by atoms with Crippen LogP contribution in [0, 0.1) is 25.0 Å². The van der Waals surface area contributed by atoms with Gasteiger partial charge in [0, 0.05) is 0 Å². The summed E-state index contributed by atoms with van der Waals surface area (Å²) in [6.07, 6.45) is 13.4. The molecule has 0 aromatic heterocycles. The van der Waals surface area contributed by atoms with Gasteiger partial charge in [-0.25, -0.2) is 17.7 Å². The van der Waals surface area contributed by atoms with Crippen molar-refractivity contribution in [3.63, 3.8) is 0 Å². The molecule has 2 aliphatic carbocycles. The zero-order chi connectivity index (χ0) is 11.5. The summed E-state index contributed by atoms with van der Waals surface area (Å²) >= 11 is 0. The summed E-state index contributed by atoms with van der Waals surface area (Å²) in [6.45, 7) is 10.9. The van der Waals surface area contributed by atoms with Gasteiger partial charge in [0.2, 0.25) is 0 Å². The van der Waals surface area contributed by atoms with Gasteiger partial charge in [-0.1, -0.05) is 33.1 Å². The van der Waals surface area contributed by atoms with Gasteiger partial charge in [-0.2, -0.15) is 17.2 Å². The van der Waals surface area contributed by atoms with Crippen LogP contribution in [-0.2, 0) is 26.2 Å². The fourth-order valence-electron chi connectivity index (χ4n) is 1.75. The molecule has 0 nitrogen and oxygen atoms in total. The Hall–Kier alpha value is 0.423. The molecular weight excluding hydrogens is 354 g/mol. The molecule has 0 radical (unpaired) electrons. The van der Waals surface area contributed by atoms with Crippen molar-refractivity contribution in [1.82, 2.24) is 0 Å². The van der Waals surface area contributed by atoms with Gasteiger partial charge in [0.05, 0.1) is 0 Å². The summed E-state index contributed by atoms with van der Waals surface area (Å²) < 4.78 is 0. The minimum absolute atomic E-state index is 0. The predicted octanol–water partition coefficient (Wildman–Crippen LogP) is -1.13. The van der Waals surface area contributed by atoms with Gasteiger partial charge in [-0.3, -0.25) is 12.2 Å². The third-order valence-electron chi connectivity index (χ3n) is 3.15. The summed E-state index contributed by atoms with van der Waals surface area (Å²) in [4.78, 5) is 0. The number of hydrogen-bond acceptors (Lipinski definition) is 0. The van der Waals surface area contributed by atoms with E-state index in [9.17, 15) is 0 Å².